The number of piperidine rings is 1. The zero-order valence-corrected chi connectivity index (χ0v) is 90.2. The fourth-order valence-corrected chi connectivity index (χ4v) is 19.4. The second-order valence-corrected chi connectivity index (χ2v) is 49.0. The third-order valence-electron chi connectivity index (χ3n) is 22.9. The molecule has 0 saturated carbocycles. The van der Waals surface area contributed by atoms with Crippen LogP contribution in [0.2, 0.25) is 0 Å². The largest absolute Gasteiger partial charge is 0.389 e. The van der Waals surface area contributed by atoms with Crippen molar-refractivity contribution in [3.05, 3.63) is 114 Å². The molecule has 8 amide bonds. The summed E-state index contributed by atoms with van der Waals surface area (Å²) in [6, 6.07) is 6.54. The molecule has 0 radical (unpaired) electrons. The van der Waals surface area contributed by atoms with E-state index in [4.69, 9.17) is 0 Å². The number of pyridine rings is 4. The van der Waals surface area contributed by atoms with Crippen LogP contribution in [0.5, 0.6) is 0 Å². The molecule has 0 aromatic carbocycles. The summed E-state index contributed by atoms with van der Waals surface area (Å²) in [5, 5.41) is 64.2. The Balaban J connectivity index is 0.000000210. The van der Waals surface area contributed by atoms with E-state index >= 15 is 0 Å². The number of aryl methyl sites for hydroxylation is 4. The van der Waals surface area contributed by atoms with Gasteiger partial charge in [-0.05, 0) is 211 Å². The van der Waals surface area contributed by atoms with Crippen molar-refractivity contribution in [3.8, 4) is 41.8 Å². The van der Waals surface area contributed by atoms with E-state index in [0.29, 0.717) is 68.5 Å². The maximum absolute atomic E-state index is 14.0. The van der Waals surface area contributed by atoms with E-state index in [1.165, 1.54) is 22.7 Å². The second-order valence-electron chi connectivity index (χ2n) is 45.0. The molecule has 774 valence electrons. The predicted octanol–water partition coefficient (Wildman–Crippen LogP) is 17.3. The summed E-state index contributed by atoms with van der Waals surface area (Å²) in [6.07, 6.45) is 10.8. The van der Waals surface area contributed by atoms with E-state index in [2.05, 4.69) is 172 Å². The quantitative estimate of drug-likeness (QED) is 0.0203. The van der Waals surface area contributed by atoms with E-state index in [0.717, 1.165) is 123 Å². The highest BCUT2D eigenvalue weighted by Gasteiger charge is 2.49. The zero-order valence-electron chi connectivity index (χ0n) is 86.9. The van der Waals surface area contributed by atoms with Crippen molar-refractivity contribution in [2.24, 2.45) is 21.7 Å². The molecule has 12 rings (SSSR count). The minimum absolute atomic E-state index is 0.00513. The van der Waals surface area contributed by atoms with E-state index in [1.54, 1.807) is 94.0 Å². The first-order valence-electron chi connectivity index (χ1n) is 47.8. The molecule has 4 aliphatic rings. The Morgan fingerprint density at radius 3 is 0.745 bits per heavy atom. The molecule has 12 N–H and O–H groups in total. The number of anilines is 4. The second kappa shape index (κ2) is 45.7. The maximum Gasteiger partial charge on any atom is 0.280 e. The number of likely N-dealkylation sites (tertiary alicyclic amines) is 4. The number of carbonyl (C=O) groups excluding carboxylic acids is 8. The summed E-state index contributed by atoms with van der Waals surface area (Å²) in [6.45, 7) is 56.2. The van der Waals surface area contributed by atoms with Crippen LogP contribution in [0.15, 0.2) is 49.1 Å². The molecule has 4 aliphatic heterocycles. The molecule has 8 aromatic heterocycles. The predicted molar refractivity (Wildman–Crippen MR) is 551 cm³/mol. The molecule has 141 heavy (non-hydrogen) atoms. The van der Waals surface area contributed by atoms with Crippen LogP contribution >= 0.6 is 45.3 Å². The first kappa shape index (κ1) is 114. The van der Waals surface area contributed by atoms with E-state index in [-0.39, 0.29) is 115 Å². The third-order valence-corrected chi connectivity index (χ3v) is 27.2. The van der Waals surface area contributed by atoms with Crippen LogP contribution in [0.1, 0.15) is 315 Å². The highest BCUT2D eigenvalue weighted by molar-refractivity contribution is 7.18. The van der Waals surface area contributed by atoms with Gasteiger partial charge in [0.1, 0.15) is 46.0 Å². The van der Waals surface area contributed by atoms with Gasteiger partial charge in [-0.1, -0.05) is 83.1 Å². The van der Waals surface area contributed by atoms with Gasteiger partial charge in [-0.15, -0.1) is 45.3 Å². The Kier molecular flexibility index (Phi) is 37.0. The van der Waals surface area contributed by atoms with Gasteiger partial charge in [0.2, 0.25) is 0 Å². The average molecular weight is 2040 g/mol. The monoisotopic (exact) mass is 2040 g/mol. The van der Waals surface area contributed by atoms with Gasteiger partial charge in [-0.3, -0.25) is 38.4 Å². The topological polar surface area (TPSA) is 430 Å². The lowest BCUT2D eigenvalue weighted by atomic mass is 9.97. The smallest absolute Gasteiger partial charge is 0.280 e. The maximum atomic E-state index is 14.0. The van der Waals surface area contributed by atoms with Crippen LogP contribution in [0.4, 0.5) is 40.8 Å². The first-order chi connectivity index (χ1) is 64.9. The number of hydrogen-bond donors (Lipinski definition) is 12. The number of amides is 8. The molecular formula is C101H146F4N20O12S4. The van der Waals surface area contributed by atoms with Crippen molar-refractivity contribution in [1.29, 1.82) is 0 Å². The Bertz CT molecular complexity index is 5610. The van der Waals surface area contributed by atoms with Gasteiger partial charge in [0.25, 0.3) is 59.1 Å². The van der Waals surface area contributed by atoms with Gasteiger partial charge in [0, 0.05) is 149 Å². The van der Waals surface area contributed by atoms with Crippen molar-refractivity contribution < 1.29 is 76.3 Å². The van der Waals surface area contributed by atoms with E-state index in [9.17, 15) is 76.3 Å². The summed E-state index contributed by atoms with van der Waals surface area (Å²) in [4.78, 5) is 149. The number of aromatic nitrogens is 8. The summed E-state index contributed by atoms with van der Waals surface area (Å²) in [5.74, 6) is -6.63. The number of nitrogens with zero attached hydrogens (tertiary/aromatic N) is 12. The van der Waals surface area contributed by atoms with E-state index in [1.807, 2.05) is 68.7 Å². The minimum atomic E-state index is -2.98. The standard InChI is InChI=1S/C26H39N5O3S.2C25H35F2N5O3S.C25H37N5O3S/c1-16-12-19(28-14-25(3,4)5)27-13-18(16)21-20(24(33)31-11-9-8-10-17(31)2)30-23(35-21)22(32)29-15-26(6,7)34;2*1-14-8-17(29-11-23(3,4)5)28-10-16(14)19-18(22(34)32-13-25(26,27)9-15(32)2)31-21(36-19)20(33)30-12-24(6,7)35;1-15-11-18(27-13-24(3,4)5)26-12-17(15)20-19(23(32)30-10-8-9-16(30)2)29-22(34-20)21(31)28-14-25(6,7)33/h12-13,17,34H,8-11,14-15H2,1-7H3,(H,27,28)(H,29,32);2*8,10,15,35H,9,11-13H2,1-7H3,(H,28,29)(H,30,33);11-12,16,33H,8-10,13-14H2,1-7H3,(H,26,27)(H,28,31)/t17-;2*15-;16-/m0000/s1. The molecule has 4 saturated heterocycles. The Hall–Kier alpha value is -10.4. The summed E-state index contributed by atoms with van der Waals surface area (Å²) >= 11 is 4.37. The molecule has 0 spiro atoms. The average Bonchev–Trinajstić information content (AvgIpc) is 1.63. The number of carbonyl (C=O) groups is 8. The number of thiazole rings is 4. The number of halogens is 4. The molecule has 32 nitrogen and oxygen atoms in total. The molecule has 0 unspecified atom stereocenters. The molecule has 8 aromatic rings. The fourth-order valence-electron chi connectivity index (χ4n) is 15.2. The van der Waals surface area contributed by atoms with Crippen LogP contribution in [-0.4, -0.2) is 264 Å². The normalized spacial score (nSPS) is 17.3. The van der Waals surface area contributed by atoms with E-state index < -0.39 is 108 Å². The molecular weight excluding hydrogens is 1890 g/mol. The molecule has 4 atom stereocenters. The van der Waals surface area contributed by atoms with Gasteiger partial charge in [0.05, 0.1) is 55.0 Å². The lowest BCUT2D eigenvalue weighted by molar-refractivity contribution is 0.0115. The lowest BCUT2D eigenvalue weighted by Crippen LogP contribution is -2.42. The van der Waals surface area contributed by atoms with Gasteiger partial charge in [0.15, 0.2) is 20.0 Å². The summed E-state index contributed by atoms with van der Waals surface area (Å²) in [5.41, 5.74) is 2.66. The molecule has 4 fully saturated rings. The Morgan fingerprint density at radius 2 is 0.560 bits per heavy atom. The minimum Gasteiger partial charge on any atom is -0.389 e. The first-order valence-corrected chi connectivity index (χ1v) is 51.1. The fraction of sp³-hybridized carbons (Fsp3) is 0.604. The van der Waals surface area contributed by atoms with Crippen molar-refractivity contribution in [3.63, 3.8) is 0 Å². The molecule has 0 bridgehead atoms. The van der Waals surface area contributed by atoms with Gasteiger partial charge in [-0.25, -0.2) is 57.4 Å². The van der Waals surface area contributed by atoms with Gasteiger partial charge >= 0.3 is 0 Å². The highest BCUT2D eigenvalue weighted by Crippen LogP contribution is 2.43. The van der Waals surface area contributed by atoms with Crippen LogP contribution in [0.25, 0.3) is 41.8 Å². The molecule has 12 heterocycles. The van der Waals surface area contributed by atoms with Crippen molar-refractivity contribution in [2.45, 2.75) is 297 Å². The Morgan fingerprint density at radius 1 is 0.340 bits per heavy atom. The number of nitrogens with one attached hydrogen (secondary N) is 8. The highest BCUT2D eigenvalue weighted by atomic mass is 32.1. The number of aliphatic hydroxyl groups is 4. The Labute approximate surface area is 842 Å². The van der Waals surface area contributed by atoms with Crippen LogP contribution < -0.4 is 42.5 Å². The third kappa shape index (κ3) is 33.6. The van der Waals surface area contributed by atoms with Crippen LogP contribution in [-0.2, 0) is 0 Å². The zero-order chi connectivity index (χ0) is 105. The van der Waals surface area contributed by atoms with Crippen molar-refractivity contribution in [1.82, 2.24) is 80.7 Å². The number of rotatable bonds is 28. The van der Waals surface area contributed by atoms with Crippen LogP contribution in [0, 0.1) is 49.4 Å². The molecule has 40 heteroatoms. The molecule has 0 aliphatic carbocycles. The lowest BCUT2D eigenvalue weighted by Gasteiger charge is -2.33. The van der Waals surface area contributed by atoms with Gasteiger partial charge < -0.3 is 82.6 Å². The van der Waals surface area contributed by atoms with Crippen LogP contribution in [0.3, 0.4) is 0 Å². The number of hydrogen-bond acceptors (Lipinski definition) is 28. The van der Waals surface area contributed by atoms with Gasteiger partial charge in [-0.2, -0.15) is 0 Å². The SMILES string of the molecule is Cc1cc(NCC(C)(C)C)ncc1-c1sc(C(=O)NCC(C)(C)O)nc1C(=O)N1CC(F)(F)C[C@@H]1C.Cc1cc(NCC(C)(C)C)ncc1-c1sc(C(=O)NCC(C)(C)O)nc1C(=O)N1CC(F)(F)C[C@@H]1C.Cc1cc(NCC(C)(C)C)ncc1-c1sc(C(=O)NCC(C)(C)O)nc1C(=O)N1CCCC[C@@H]1C.Cc1cc(NCC(C)(C)C)ncc1-c1sc(C(=O)NCC(C)(C)O)nc1C(=O)N1CCC[C@@H]1C. The summed E-state index contributed by atoms with van der Waals surface area (Å²) in [7, 11) is 0. The van der Waals surface area contributed by atoms with Crippen molar-refractivity contribution >= 4 is 116 Å². The summed E-state index contributed by atoms with van der Waals surface area (Å²) < 4.78 is 56.2. The number of alkyl halides is 4. The van der Waals surface area contributed by atoms with Crippen molar-refractivity contribution in [2.75, 3.05) is 99.8 Å².